The van der Waals surface area contributed by atoms with Crippen LogP contribution in [-0.4, -0.2) is 42.9 Å². The lowest BCUT2D eigenvalue weighted by Crippen LogP contribution is -2.36. The van der Waals surface area contributed by atoms with Gasteiger partial charge in [0, 0.05) is 35.4 Å². The fourth-order valence-electron chi connectivity index (χ4n) is 4.34. The van der Waals surface area contributed by atoms with Crippen molar-refractivity contribution in [2.45, 2.75) is 19.9 Å². The number of anilines is 1. The molecule has 0 aliphatic heterocycles. The number of hydrogen-bond acceptors (Lipinski definition) is 4. The van der Waals surface area contributed by atoms with Gasteiger partial charge in [0.05, 0.1) is 21.3 Å². The van der Waals surface area contributed by atoms with E-state index in [-0.39, 0.29) is 5.82 Å². The van der Waals surface area contributed by atoms with Crippen LogP contribution >= 0.6 is 12.2 Å². The second kappa shape index (κ2) is 11.3. The van der Waals surface area contributed by atoms with Crippen molar-refractivity contribution in [3.63, 3.8) is 0 Å². The molecule has 1 heterocycles. The van der Waals surface area contributed by atoms with Crippen molar-refractivity contribution in [2.75, 3.05) is 33.2 Å². The molecule has 4 aromatic rings. The van der Waals surface area contributed by atoms with Gasteiger partial charge < -0.3 is 29.4 Å². The molecule has 0 bridgehead atoms. The minimum absolute atomic E-state index is 0.296. The predicted molar refractivity (Wildman–Crippen MR) is 146 cm³/mol. The van der Waals surface area contributed by atoms with Gasteiger partial charge in [0.1, 0.15) is 5.82 Å². The number of ether oxygens (including phenoxy) is 3. The van der Waals surface area contributed by atoms with Gasteiger partial charge in [-0.1, -0.05) is 18.2 Å². The molecule has 0 unspecified atom stereocenters. The van der Waals surface area contributed by atoms with E-state index in [1.165, 1.54) is 23.1 Å². The first-order chi connectivity index (χ1) is 17.4. The summed E-state index contributed by atoms with van der Waals surface area (Å²) in [6.45, 7) is 3.26. The van der Waals surface area contributed by atoms with Gasteiger partial charge >= 0.3 is 0 Å². The number of fused-ring (bicyclic) bond motifs is 1. The summed E-state index contributed by atoms with van der Waals surface area (Å²) in [7, 11) is 4.77. The van der Waals surface area contributed by atoms with Crippen LogP contribution in [0.2, 0.25) is 0 Å². The van der Waals surface area contributed by atoms with E-state index in [1.807, 2.05) is 24.3 Å². The summed E-state index contributed by atoms with van der Waals surface area (Å²) in [5.41, 5.74) is 5.18. The van der Waals surface area contributed by atoms with Gasteiger partial charge in [0.15, 0.2) is 16.6 Å². The van der Waals surface area contributed by atoms with E-state index in [2.05, 4.69) is 34.3 Å². The number of para-hydroxylation sites is 1. The summed E-state index contributed by atoms with van der Waals surface area (Å²) in [4.78, 5) is 5.55. The Bertz CT molecular complexity index is 1330. The second-order valence-corrected chi connectivity index (χ2v) is 8.80. The predicted octanol–water partition coefficient (Wildman–Crippen LogP) is 6.08. The minimum Gasteiger partial charge on any atom is -0.493 e. The van der Waals surface area contributed by atoms with Crippen molar-refractivity contribution >= 4 is 33.9 Å². The molecule has 0 saturated heterocycles. The van der Waals surface area contributed by atoms with Gasteiger partial charge in [-0.05, 0) is 79.2 Å². The van der Waals surface area contributed by atoms with E-state index in [9.17, 15) is 4.39 Å². The van der Waals surface area contributed by atoms with E-state index in [0.29, 0.717) is 35.5 Å². The highest BCUT2D eigenvalue weighted by molar-refractivity contribution is 7.80. The fraction of sp³-hybridized carbons (Fsp3) is 0.250. The lowest BCUT2D eigenvalue weighted by molar-refractivity contribution is 0.322. The maximum absolute atomic E-state index is 13.4. The quantitative estimate of drug-likeness (QED) is 0.268. The standard InChI is InChI=1S/C28H30FN3O3S/c1-18-22(23-7-5-6-8-24(23)30-18)13-14-32(28(36)31-21-11-9-20(29)10-12-21)17-19-15-25(33-2)27(35-4)26(16-19)34-3/h5-12,15-16,30H,13-14,17H2,1-4H3,(H,31,36). The maximum atomic E-state index is 13.4. The zero-order chi connectivity index (χ0) is 25.7. The molecule has 188 valence electrons. The highest BCUT2D eigenvalue weighted by Crippen LogP contribution is 2.38. The molecule has 1 aromatic heterocycles. The number of nitrogens with zero attached hydrogens (tertiary/aromatic N) is 1. The first-order valence-corrected chi connectivity index (χ1v) is 12.0. The molecule has 0 saturated carbocycles. The van der Waals surface area contributed by atoms with Crippen molar-refractivity contribution < 1.29 is 18.6 Å². The minimum atomic E-state index is -0.296. The molecule has 8 heteroatoms. The summed E-state index contributed by atoms with van der Waals surface area (Å²) in [6.07, 6.45) is 0.783. The second-order valence-electron chi connectivity index (χ2n) is 8.42. The van der Waals surface area contributed by atoms with Crippen LogP contribution in [0.15, 0.2) is 60.7 Å². The van der Waals surface area contributed by atoms with Gasteiger partial charge in [0.25, 0.3) is 0 Å². The molecule has 0 aliphatic rings. The highest BCUT2D eigenvalue weighted by atomic mass is 32.1. The lowest BCUT2D eigenvalue weighted by Gasteiger charge is -2.27. The Morgan fingerprint density at radius 3 is 2.28 bits per heavy atom. The smallest absolute Gasteiger partial charge is 0.203 e. The fourth-order valence-corrected chi connectivity index (χ4v) is 4.61. The number of thiocarbonyl (C=S) groups is 1. The third-order valence-electron chi connectivity index (χ3n) is 6.14. The Hall–Kier alpha value is -3.78. The molecular formula is C28H30FN3O3S. The first kappa shape index (κ1) is 25.3. The molecule has 0 spiro atoms. The number of aromatic amines is 1. The van der Waals surface area contributed by atoms with Crippen molar-refractivity contribution in [3.8, 4) is 17.2 Å². The molecule has 3 aromatic carbocycles. The number of nitrogens with one attached hydrogen (secondary N) is 2. The molecule has 0 radical (unpaired) electrons. The molecule has 0 aliphatic carbocycles. The van der Waals surface area contributed by atoms with E-state index in [0.717, 1.165) is 28.9 Å². The van der Waals surface area contributed by atoms with Crippen molar-refractivity contribution in [1.29, 1.82) is 0 Å². The van der Waals surface area contributed by atoms with E-state index >= 15 is 0 Å². The molecule has 2 N–H and O–H groups in total. The van der Waals surface area contributed by atoms with Gasteiger partial charge in [-0.25, -0.2) is 4.39 Å². The van der Waals surface area contributed by atoms with Crippen LogP contribution in [0.5, 0.6) is 17.2 Å². The number of hydrogen-bond donors (Lipinski definition) is 2. The average Bonchev–Trinajstić information content (AvgIpc) is 3.21. The van der Waals surface area contributed by atoms with Crippen LogP contribution < -0.4 is 19.5 Å². The third-order valence-corrected chi connectivity index (χ3v) is 6.50. The van der Waals surface area contributed by atoms with Gasteiger partial charge in [0.2, 0.25) is 5.75 Å². The summed E-state index contributed by atoms with van der Waals surface area (Å²) in [5.74, 6) is 1.40. The van der Waals surface area contributed by atoms with Gasteiger partial charge in [-0.3, -0.25) is 0 Å². The topological polar surface area (TPSA) is 58.8 Å². The van der Waals surface area contributed by atoms with E-state index < -0.39 is 0 Å². The number of aryl methyl sites for hydroxylation is 1. The van der Waals surface area contributed by atoms with Crippen molar-refractivity contribution in [2.24, 2.45) is 0 Å². The summed E-state index contributed by atoms with van der Waals surface area (Å²) < 4.78 is 30.0. The van der Waals surface area contributed by atoms with Crippen molar-refractivity contribution in [1.82, 2.24) is 9.88 Å². The molecule has 4 rings (SSSR count). The lowest BCUT2D eigenvalue weighted by atomic mass is 10.1. The number of H-pyrrole nitrogens is 1. The largest absolute Gasteiger partial charge is 0.493 e. The number of aromatic nitrogens is 1. The Morgan fingerprint density at radius 2 is 1.64 bits per heavy atom. The summed E-state index contributed by atoms with van der Waals surface area (Å²) >= 11 is 5.81. The Balaban J connectivity index is 1.62. The number of halogens is 1. The zero-order valence-corrected chi connectivity index (χ0v) is 21.7. The number of rotatable bonds is 9. The van der Waals surface area contributed by atoms with Crippen LogP contribution in [-0.2, 0) is 13.0 Å². The first-order valence-electron chi connectivity index (χ1n) is 11.6. The molecule has 6 nitrogen and oxygen atoms in total. The monoisotopic (exact) mass is 507 g/mol. The zero-order valence-electron chi connectivity index (χ0n) is 20.9. The van der Waals surface area contributed by atoms with Gasteiger partial charge in [-0.2, -0.15) is 0 Å². The van der Waals surface area contributed by atoms with Crippen molar-refractivity contribution in [3.05, 3.63) is 83.3 Å². The number of methoxy groups -OCH3 is 3. The van der Waals surface area contributed by atoms with Gasteiger partial charge in [-0.15, -0.1) is 0 Å². The Kier molecular flexibility index (Phi) is 7.95. The molecule has 36 heavy (non-hydrogen) atoms. The SMILES string of the molecule is COc1cc(CN(CCc2c(C)[nH]c3ccccc23)C(=S)Nc2ccc(F)cc2)cc(OC)c1OC. The normalized spacial score (nSPS) is 10.8. The Morgan fingerprint density at radius 1 is 0.972 bits per heavy atom. The van der Waals surface area contributed by atoms with Crippen LogP contribution in [0.3, 0.4) is 0 Å². The molecule has 0 atom stereocenters. The summed E-state index contributed by atoms with van der Waals surface area (Å²) in [6, 6.07) is 18.3. The highest BCUT2D eigenvalue weighted by Gasteiger charge is 2.18. The Labute approximate surface area is 216 Å². The van der Waals surface area contributed by atoms with E-state index in [1.54, 1.807) is 33.5 Å². The number of benzene rings is 3. The summed E-state index contributed by atoms with van der Waals surface area (Å²) in [5, 5.41) is 4.99. The van der Waals surface area contributed by atoms with Crippen LogP contribution in [0, 0.1) is 12.7 Å². The van der Waals surface area contributed by atoms with Crippen LogP contribution in [0.4, 0.5) is 10.1 Å². The molecular weight excluding hydrogens is 477 g/mol. The molecule has 0 amide bonds. The average molecular weight is 508 g/mol. The van der Waals surface area contributed by atoms with E-state index in [4.69, 9.17) is 26.4 Å². The molecule has 0 fully saturated rings. The third kappa shape index (κ3) is 5.54. The van der Waals surface area contributed by atoms with Crippen LogP contribution in [0.25, 0.3) is 10.9 Å². The maximum Gasteiger partial charge on any atom is 0.203 e. The van der Waals surface area contributed by atoms with Crippen LogP contribution in [0.1, 0.15) is 16.8 Å².